The first kappa shape index (κ1) is 17.6. The second-order valence-electron chi connectivity index (χ2n) is 5.23. The molecule has 0 N–H and O–H groups in total. The number of esters is 1. The molecule has 0 atom stereocenters. The number of carbonyl (C=O) groups is 1. The van der Waals surface area contributed by atoms with Crippen LogP contribution in [0.15, 0.2) is 18.2 Å². The second-order valence-corrected chi connectivity index (χ2v) is 9.20. The summed E-state index contributed by atoms with van der Waals surface area (Å²) in [6.07, 6.45) is 0.179. The molecule has 0 aliphatic carbocycles. The average molecular weight is 398 g/mol. The fraction of sp³-hybridized carbons (Fsp3) is 0.294. The van der Waals surface area contributed by atoms with Crippen LogP contribution in [-0.2, 0) is 16.0 Å². The predicted molar refractivity (Wildman–Crippen MR) is 104 cm³/mol. The maximum atomic E-state index is 11.9. The van der Waals surface area contributed by atoms with Crippen molar-refractivity contribution < 1.29 is 9.53 Å². The van der Waals surface area contributed by atoms with Gasteiger partial charge in [0.15, 0.2) is 0 Å². The molecule has 24 heavy (non-hydrogen) atoms. The Morgan fingerprint density at radius 2 is 2.00 bits per heavy atom. The van der Waals surface area contributed by atoms with Crippen molar-refractivity contribution >= 4 is 51.6 Å². The summed E-state index contributed by atoms with van der Waals surface area (Å²) in [5.74, 6) is -0.253. The van der Waals surface area contributed by atoms with Crippen LogP contribution >= 0.6 is 45.6 Å². The molecule has 0 aromatic carbocycles. The molecule has 3 nitrogen and oxygen atoms in total. The molecule has 0 spiro atoms. The molecule has 3 aromatic heterocycles. The van der Waals surface area contributed by atoms with Crippen molar-refractivity contribution in [3.63, 3.8) is 0 Å². The molecule has 0 bridgehead atoms. The van der Waals surface area contributed by atoms with Gasteiger partial charge >= 0.3 is 5.97 Å². The molecule has 0 aliphatic heterocycles. The van der Waals surface area contributed by atoms with Crippen LogP contribution in [0, 0.1) is 13.8 Å². The highest BCUT2D eigenvalue weighted by Gasteiger charge is 2.20. The molecule has 0 fully saturated rings. The molecule has 0 radical (unpaired) electrons. The number of thiazole rings is 1. The molecule has 0 aliphatic rings. The Morgan fingerprint density at radius 3 is 2.58 bits per heavy atom. The van der Waals surface area contributed by atoms with Gasteiger partial charge in [-0.15, -0.1) is 34.0 Å². The number of carbonyl (C=O) groups excluding carboxylic acids is 1. The number of rotatable bonds is 5. The Morgan fingerprint density at radius 1 is 1.21 bits per heavy atom. The fourth-order valence-corrected chi connectivity index (χ4v) is 5.57. The van der Waals surface area contributed by atoms with Gasteiger partial charge < -0.3 is 4.74 Å². The van der Waals surface area contributed by atoms with Gasteiger partial charge in [-0.05, 0) is 44.5 Å². The largest absolute Gasteiger partial charge is 0.466 e. The molecule has 0 saturated carbocycles. The first-order valence-electron chi connectivity index (χ1n) is 7.46. The minimum atomic E-state index is -0.253. The third-order valence-electron chi connectivity index (χ3n) is 3.49. The summed E-state index contributed by atoms with van der Waals surface area (Å²) < 4.78 is 5.81. The van der Waals surface area contributed by atoms with Crippen molar-refractivity contribution in [3.05, 3.63) is 38.7 Å². The standard InChI is InChI=1S/C17H16ClNO2S3/c1-4-21-15(20)8-11-16(12-5-6-14(18)23-12)24-17(19-11)13-7-9(2)10(3)22-13/h5-7H,4,8H2,1-3H3. The van der Waals surface area contributed by atoms with E-state index in [9.17, 15) is 4.79 Å². The minimum Gasteiger partial charge on any atom is -0.466 e. The number of ether oxygens (including phenoxy) is 1. The van der Waals surface area contributed by atoms with Gasteiger partial charge in [0.2, 0.25) is 0 Å². The number of aryl methyl sites for hydroxylation is 2. The topological polar surface area (TPSA) is 39.2 Å². The van der Waals surface area contributed by atoms with Crippen molar-refractivity contribution in [2.45, 2.75) is 27.2 Å². The molecular weight excluding hydrogens is 382 g/mol. The lowest BCUT2D eigenvalue weighted by atomic mass is 10.2. The lowest BCUT2D eigenvalue weighted by Crippen LogP contribution is -2.08. The molecule has 0 amide bonds. The van der Waals surface area contributed by atoms with E-state index in [1.165, 1.54) is 21.8 Å². The molecular formula is C17H16ClNO2S3. The Labute approximate surface area is 157 Å². The molecule has 126 valence electrons. The monoisotopic (exact) mass is 397 g/mol. The van der Waals surface area contributed by atoms with Gasteiger partial charge in [0, 0.05) is 9.75 Å². The van der Waals surface area contributed by atoms with Crippen LogP contribution in [0.5, 0.6) is 0 Å². The Bertz CT molecular complexity index is 859. The van der Waals surface area contributed by atoms with Crippen LogP contribution in [0.1, 0.15) is 23.1 Å². The average Bonchev–Trinajstić information content (AvgIpc) is 3.20. The van der Waals surface area contributed by atoms with Gasteiger partial charge in [0.05, 0.1) is 32.8 Å². The Hall–Kier alpha value is -1.21. The van der Waals surface area contributed by atoms with Crippen molar-refractivity contribution in [1.82, 2.24) is 4.98 Å². The number of hydrogen-bond donors (Lipinski definition) is 0. The van der Waals surface area contributed by atoms with E-state index in [0.29, 0.717) is 6.61 Å². The summed E-state index contributed by atoms with van der Waals surface area (Å²) in [6, 6.07) is 6.00. The van der Waals surface area contributed by atoms with E-state index in [4.69, 9.17) is 21.3 Å². The first-order chi connectivity index (χ1) is 11.5. The van der Waals surface area contributed by atoms with E-state index in [-0.39, 0.29) is 12.4 Å². The zero-order chi connectivity index (χ0) is 17.3. The van der Waals surface area contributed by atoms with Crippen LogP contribution < -0.4 is 0 Å². The number of hydrogen-bond acceptors (Lipinski definition) is 6. The van der Waals surface area contributed by atoms with Crippen molar-refractivity contribution in [3.8, 4) is 19.6 Å². The van der Waals surface area contributed by atoms with Gasteiger partial charge in [0.25, 0.3) is 0 Å². The molecule has 7 heteroatoms. The first-order valence-corrected chi connectivity index (χ1v) is 10.3. The van der Waals surface area contributed by atoms with Crippen molar-refractivity contribution in [2.75, 3.05) is 6.61 Å². The van der Waals surface area contributed by atoms with Gasteiger partial charge in [-0.25, -0.2) is 4.98 Å². The van der Waals surface area contributed by atoms with E-state index >= 15 is 0 Å². The third-order valence-corrected chi connectivity index (χ3v) is 7.32. The SMILES string of the molecule is CCOC(=O)Cc1nc(-c2cc(C)c(C)s2)sc1-c1ccc(Cl)s1. The van der Waals surface area contributed by atoms with Gasteiger partial charge in [-0.3, -0.25) is 4.79 Å². The predicted octanol–water partition coefficient (Wildman–Crippen LogP) is 5.98. The summed E-state index contributed by atoms with van der Waals surface area (Å²) in [7, 11) is 0. The van der Waals surface area contributed by atoms with E-state index in [1.807, 2.05) is 19.1 Å². The number of nitrogens with zero attached hydrogens (tertiary/aromatic N) is 1. The van der Waals surface area contributed by atoms with E-state index in [0.717, 1.165) is 29.7 Å². The maximum absolute atomic E-state index is 11.9. The highest BCUT2D eigenvalue weighted by molar-refractivity contribution is 7.27. The lowest BCUT2D eigenvalue weighted by Gasteiger charge is -2.01. The fourth-order valence-electron chi connectivity index (χ4n) is 2.23. The maximum Gasteiger partial charge on any atom is 0.311 e. The highest BCUT2D eigenvalue weighted by atomic mass is 35.5. The number of halogens is 1. The number of aromatic nitrogens is 1. The Kier molecular flexibility index (Phi) is 5.39. The quantitative estimate of drug-likeness (QED) is 0.497. The van der Waals surface area contributed by atoms with E-state index in [1.54, 1.807) is 22.7 Å². The summed E-state index contributed by atoms with van der Waals surface area (Å²) in [5, 5.41) is 0.940. The second kappa shape index (κ2) is 7.35. The van der Waals surface area contributed by atoms with Crippen LogP contribution in [0.4, 0.5) is 0 Å². The zero-order valence-electron chi connectivity index (χ0n) is 13.5. The van der Waals surface area contributed by atoms with Crippen molar-refractivity contribution in [1.29, 1.82) is 0 Å². The van der Waals surface area contributed by atoms with Crippen LogP contribution in [0.2, 0.25) is 4.34 Å². The summed E-state index contributed by atoms with van der Waals surface area (Å²) in [5.41, 5.74) is 2.02. The van der Waals surface area contributed by atoms with Gasteiger partial charge in [-0.1, -0.05) is 11.6 Å². The van der Waals surface area contributed by atoms with Crippen LogP contribution in [0.25, 0.3) is 19.6 Å². The van der Waals surface area contributed by atoms with Gasteiger partial charge in [0.1, 0.15) is 5.01 Å². The Balaban J connectivity index is 2.03. The third kappa shape index (κ3) is 3.72. The van der Waals surface area contributed by atoms with E-state index < -0.39 is 0 Å². The smallest absolute Gasteiger partial charge is 0.311 e. The summed E-state index contributed by atoms with van der Waals surface area (Å²) in [4.78, 5) is 21.1. The normalized spacial score (nSPS) is 11.0. The molecule has 3 rings (SSSR count). The summed E-state index contributed by atoms with van der Waals surface area (Å²) >= 11 is 10.9. The zero-order valence-corrected chi connectivity index (χ0v) is 16.7. The highest BCUT2D eigenvalue weighted by Crippen LogP contribution is 2.42. The molecule has 3 heterocycles. The molecule has 0 unspecified atom stereocenters. The molecule has 3 aromatic rings. The number of thiophene rings is 2. The van der Waals surface area contributed by atoms with Gasteiger partial charge in [-0.2, -0.15) is 0 Å². The van der Waals surface area contributed by atoms with E-state index in [2.05, 4.69) is 19.9 Å². The van der Waals surface area contributed by atoms with Crippen molar-refractivity contribution in [2.24, 2.45) is 0 Å². The van der Waals surface area contributed by atoms with Crippen LogP contribution in [-0.4, -0.2) is 17.6 Å². The van der Waals surface area contributed by atoms with Crippen LogP contribution in [0.3, 0.4) is 0 Å². The lowest BCUT2D eigenvalue weighted by molar-refractivity contribution is -0.142. The minimum absolute atomic E-state index is 0.179. The molecule has 0 saturated heterocycles. The summed E-state index contributed by atoms with van der Waals surface area (Å²) in [6.45, 7) is 6.39.